The second kappa shape index (κ2) is 4.67. The molecule has 0 aliphatic rings. The van der Waals surface area contributed by atoms with Gasteiger partial charge in [0.2, 0.25) is 0 Å². The van der Waals surface area contributed by atoms with Crippen LogP contribution in [0.5, 0.6) is 0 Å². The smallest absolute Gasteiger partial charge is 0.120 e. The van der Waals surface area contributed by atoms with E-state index in [2.05, 4.69) is 52.6 Å². The third-order valence-corrected chi connectivity index (χ3v) is 3.26. The first kappa shape index (κ1) is 12.4. The van der Waals surface area contributed by atoms with Crippen molar-refractivity contribution in [1.82, 2.24) is 0 Å². The Kier molecular flexibility index (Phi) is 3.41. The number of halogens is 1. The van der Waals surface area contributed by atoms with Crippen LogP contribution < -0.4 is 0 Å². The van der Waals surface area contributed by atoms with Crippen molar-refractivity contribution in [2.45, 2.75) is 19.4 Å². The molecule has 0 saturated heterocycles. The van der Waals surface area contributed by atoms with Crippen molar-refractivity contribution in [3.63, 3.8) is 0 Å². The van der Waals surface area contributed by atoms with E-state index in [4.69, 9.17) is 0 Å². The van der Waals surface area contributed by atoms with E-state index in [0.717, 1.165) is 10.9 Å². The fraction of sp³-hybridized carbons (Fsp3) is 0.200. The third-order valence-electron chi connectivity index (χ3n) is 2.36. The van der Waals surface area contributed by atoms with Crippen molar-refractivity contribution >= 4 is 33.4 Å². The van der Waals surface area contributed by atoms with Crippen LogP contribution in [0, 0.1) is 15.4 Å². The molecule has 0 fully saturated rings. The molecular weight excluding hydrogens is 323 g/mol. The number of aliphatic hydroxyl groups is 1. The Morgan fingerprint density at radius 1 is 1.12 bits per heavy atom. The van der Waals surface area contributed by atoms with Gasteiger partial charge >= 0.3 is 0 Å². The Morgan fingerprint density at radius 3 is 2.41 bits per heavy atom. The highest BCUT2D eigenvalue weighted by Gasteiger charge is 2.07. The fourth-order valence-corrected chi connectivity index (χ4v) is 2.43. The second-order valence-corrected chi connectivity index (χ2v) is 5.61. The number of fused-ring (bicyclic) bond motifs is 1. The molecule has 1 N–H and O–H groups in total. The van der Waals surface area contributed by atoms with Crippen LogP contribution in [-0.4, -0.2) is 10.7 Å². The predicted molar refractivity (Wildman–Crippen MR) is 79.8 cm³/mol. The number of benzene rings is 2. The molecule has 2 aromatic carbocycles. The lowest BCUT2D eigenvalue weighted by Gasteiger charge is -2.07. The molecule has 0 amide bonds. The average Bonchev–Trinajstić information content (AvgIpc) is 2.25. The zero-order chi connectivity index (χ0) is 12.5. The van der Waals surface area contributed by atoms with E-state index in [-0.39, 0.29) is 0 Å². The highest BCUT2D eigenvalue weighted by atomic mass is 127. The lowest BCUT2D eigenvalue weighted by Crippen LogP contribution is -2.14. The van der Waals surface area contributed by atoms with Crippen LogP contribution in [0.4, 0.5) is 0 Å². The summed E-state index contributed by atoms with van der Waals surface area (Å²) in [5, 5.41) is 12.0. The van der Waals surface area contributed by atoms with Crippen molar-refractivity contribution in [2.75, 3.05) is 0 Å². The maximum Gasteiger partial charge on any atom is 0.120 e. The van der Waals surface area contributed by atoms with E-state index >= 15 is 0 Å². The van der Waals surface area contributed by atoms with E-state index in [0.29, 0.717) is 0 Å². The van der Waals surface area contributed by atoms with Gasteiger partial charge < -0.3 is 5.11 Å². The summed E-state index contributed by atoms with van der Waals surface area (Å²) in [4.78, 5) is 0. The average molecular weight is 336 g/mol. The van der Waals surface area contributed by atoms with Gasteiger partial charge in [0, 0.05) is 14.5 Å². The van der Waals surface area contributed by atoms with Crippen LogP contribution >= 0.6 is 22.6 Å². The minimum Gasteiger partial charge on any atom is -0.378 e. The Morgan fingerprint density at radius 2 is 1.76 bits per heavy atom. The zero-order valence-corrected chi connectivity index (χ0v) is 11.9. The van der Waals surface area contributed by atoms with Crippen molar-refractivity contribution in [2.24, 2.45) is 0 Å². The first-order valence-corrected chi connectivity index (χ1v) is 6.48. The predicted octanol–water partition coefficient (Wildman–Crippen LogP) is 3.57. The molecule has 2 rings (SSSR count). The first-order chi connectivity index (χ1) is 7.97. The van der Waals surface area contributed by atoms with Gasteiger partial charge in [0.15, 0.2) is 0 Å². The van der Waals surface area contributed by atoms with Gasteiger partial charge in [0.1, 0.15) is 5.60 Å². The summed E-state index contributed by atoms with van der Waals surface area (Å²) in [6.07, 6.45) is 0. The van der Waals surface area contributed by atoms with Gasteiger partial charge in [-0.05, 0) is 54.0 Å². The Hall–Kier alpha value is -1.05. The molecule has 0 aliphatic heterocycles. The maximum atomic E-state index is 9.64. The molecule has 0 spiro atoms. The molecule has 2 aromatic rings. The van der Waals surface area contributed by atoms with E-state index in [1.54, 1.807) is 13.8 Å². The van der Waals surface area contributed by atoms with Gasteiger partial charge in [-0.15, -0.1) is 0 Å². The zero-order valence-electron chi connectivity index (χ0n) is 9.79. The molecule has 0 radical (unpaired) electrons. The molecule has 0 unspecified atom stereocenters. The van der Waals surface area contributed by atoms with Crippen LogP contribution in [-0.2, 0) is 0 Å². The Bertz CT molecular complexity index is 607. The van der Waals surface area contributed by atoms with Crippen LogP contribution in [0.1, 0.15) is 19.4 Å². The number of hydrogen-bond acceptors (Lipinski definition) is 1. The summed E-state index contributed by atoms with van der Waals surface area (Å²) in [7, 11) is 0. The summed E-state index contributed by atoms with van der Waals surface area (Å²) in [5.41, 5.74) is 0.0113. The molecule has 2 heteroatoms. The topological polar surface area (TPSA) is 20.2 Å². The third kappa shape index (κ3) is 2.99. The van der Waals surface area contributed by atoms with Gasteiger partial charge in [-0.25, -0.2) is 0 Å². The summed E-state index contributed by atoms with van der Waals surface area (Å²) in [6.45, 7) is 3.38. The molecule has 0 aliphatic carbocycles. The molecule has 0 aromatic heterocycles. The van der Waals surface area contributed by atoms with E-state index in [1.165, 1.54) is 8.96 Å². The molecule has 0 atom stereocenters. The molecule has 17 heavy (non-hydrogen) atoms. The van der Waals surface area contributed by atoms with Crippen molar-refractivity contribution in [3.8, 4) is 11.8 Å². The standard InChI is InChI=1S/C15H13IO/c1-15(2,17)10-9-12-6-3-5-11-7-4-8-13(16)14(11)12/h3-8,17H,1-2H3. The van der Waals surface area contributed by atoms with Gasteiger partial charge in [-0.1, -0.05) is 36.1 Å². The van der Waals surface area contributed by atoms with E-state index in [9.17, 15) is 5.11 Å². The van der Waals surface area contributed by atoms with Crippen LogP contribution in [0.3, 0.4) is 0 Å². The first-order valence-electron chi connectivity index (χ1n) is 5.40. The summed E-state index contributed by atoms with van der Waals surface area (Å²) >= 11 is 2.31. The van der Waals surface area contributed by atoms with Gasteiger partial charge in [-0.3, -0.25) is 0 Å². The normalized spacial score (nSPS) is 11.1. The van der Waals surface area contributed by atoms with Gasteiger partial charge in [-0.2, -0.15) is 0 Å². The molecule has 86 valence electrons. The lowest BCUT2D eigenvalue weighted by molar-refractivity contribution is 0.143. The largest absolute Gasteiger partial charge is 0.378 e. The minimum absolute atomic E-state index is 0.956. The number of rotatable bonds is 0. The molecule has 0 bridgehead atoms. The molecule has 1 nitrogen and oxygen atoms in total. The highest BCUT2D eigenvalue weighted by molar-refractivity contribution is 14.1. The fourth-order valence-electron chi connectivity index (χ4n) is 1.62. The lowest BCUT2D eigenvalue weighted by atomic mass is 10.0. The Labute approximate surface area is 115 Å². The quantitative estimate of drug-likeness (QED) is 0.576. The maximum absolute atomic E-state index is 9.64. The minimum atomic E-state index is -0.956. The van der Waals surface area contributed by atoms with Crippen molar-refractivity contribution in [1.29, 1.82) is 0 Å². The van der Waals surface area contributed by atoms with Gasteiger partial charge in [0.05, 0.1) is 0 Å². The van der Waals surface area contributed by atoms with Gasteiger partial charge in [0.25, 0.3) is 0 Å². The summed E-state index contributed by atoms with van der Waals surface area (Å²) in [5.74, 6) is 5.92. The van der Waals surface area contributed by atoms with Crippen molar-refractivity contribution < 1.29 is 5.11 Å². The van der Waals surface area contributed by atoms with Crippen molar-refractivity contribution in [3.05, 3.63) is 45.5 Å². The highest BCUT2D eigenvalue weighted by Crippen LogP contribution is 2.23. The summed E-state index contributed by atoms with van der Waals surface area (Å²) in [6, 6.07) is 12.2. The van der Waals surface area contributed by atoms with E-state index in [1.807, 2.05) is 18.2 Å². The SMILES string of the molecule is CC(C)(O)C#Cc1cccc2cccc(I)c12. The van der Waals surface area contributed by atoms with Crippen LogP contribution in [0.15, 0.2) is 36.4 Å². The van der Waals surface area contributed by atoms with Crippen LogP contribution in [0.2, 0.25) is 0 Å². The molecule has 0 saturated carbocycles. The molecular formula is C15H13IO. The summed E-state index contributed by atoms with van der Waals surface area (Å²) < 4.78 is 1.18. The Balaban J connectivity index is 2.65. The van der Waals surface area contributed by atoms with Crippen LogP contribution in [0.25, 0.3) is 10.8 Å². The van der Waals surface area contributed by atoms with E-state index < -0.39 is 5.60 Å². The second-order valence-electron chi connectivity index (χ2n) is 4.45. The number of hydrogen-bond donors (Lipinski definition) is 1. The molecule has 0 heterocycles. The monoisotopic (exact) mass is 336 g/mol.